The van der Waals surface area contributed by atoms with E-state index in [9.17, 15) is 0 Å². The fourth-order valence-corrected chi connectivity index (χ4v) is 1.06. The Morgan fingerprint density at radius 2 is 1.92 bits per heavy atom. The lowest BCUT2D eigenvalue weighted by Crippen LogP contribution is -2.07. The monoisotopic (exact) mass is 185 g/mol. The summed E-state index contributed by atoms with van der Waals surface area (Å²) in [6.07, 6.45) is 0. The van der Waals surface area contributed by atoms with Gasteiger partial charge in [-0.05, 0) is 19.9 Å². The van der Waals surface area contributed by atoms with E-state index in [0.29, 0.717) is 18.4 Å². The van der Waals surface area contributed by atoms with Crippen LogP contribution in [0, 0.1) is 13.8 Å². The molecule has 0 aliphatic carbocycles. The Morgan fingerprint density at radius 3 is 2.42 bits per heavy atom. The van der Waals surface area contributed by atoms with Crippen molar-refractivity contribution >= 4 is 17.5 Å². The minimum atomic E-state index is 0.566. The van der Waals surface area contributed by atoms with E-state index >= 15 is 0 Å². The summed E-state index contributed by atoms with van der Waals surface area (Å²) >= 11 is 5.51. The van der Waals surface area contributed by atoms with E-state index in [4.69, 9.17) is 11.6 Å². The third kappa shape index (κ3) is 2.66. The fraction of sp³-hybridized carbons (Fsp3) is 0.500. The molecular weight excluding hydrogens is 174 g/mol. The largest absolute Gasteiger partial charge is 0.353 e. The maximum atomic E-state index is 5.51. The van der Waals surface area contributed by atoms with Gasteiger partial charge < -0.3 is 5.32 Å². The molecule has 0 aliphatic heterocycles. The van der Waals surface area contributed by atoms with E-state index in [2.05, 4.69) is 15.3 Å². The van der Waals surface area contributed by atoms with E-state index in [1.54, 1.807) is 0 Å². The number of anilines is 1. The Hall–Kier alpha value is -0.830. The highest BCUT2D eigenvalue weighted by molar-refractivity contribution is 6.18. The molecule has 4 heteroatoms. The third-order valence-corrected chi connectivity index (χ3v) is 1.55. The van der Waals surface area contributed by atoms with Crippen LogP contribution in [-0.4, -0.2) is 22.4 Å². The molecule has 0 fully saturated rings. The maximum absolute atomic E-state index is 5.51. The van der Waals surface area contributed by atoms with Gasteiger partial charge in [0.25, 0.3) is 0 Å². The smallest absolute Gasteiger partial charge is 0.223 e. The summed E-state index contributed by atoms with van der Waals surface area (Å²) in [7, 11) is 0. The molecule has 66 valence electrons. The highest BCUT2D eigenvalue weighted by Crippen LogP contribution is 2.02. The van der Waals surface area contributed by atoms with E-state index in [-0.39, 0.29) is 0 Å². The number of aryl methyl sites for hydroxylation is 2. The Balaban J connectivity index is 2.72. The lowest BCUT2D eigenvalue weighted by Gasteiger charge is -2.03. The molecule has 0 saturated heterocycles. The standard InChI is InChI=1S/C8H12ClN3/c1-6-5-7(2)12-8(11-6)10-4-3-9/h5H,3-4H2,1-2H3,(H,10,11,12). The van der Waals surface area contributed by atoms with Gasteiger partial charge in [0.05, 0.1) is 0 Å². The summed E-state index contributed by atoms with van der Waals surface area (Å²) in [6, 6.07) is 1.94. The second-order valence-corrected chi connectivity index (χ2v) is 2.97. The summed E-state index contributed by atoms with van der Waals surface area (Å²) in [5.41, 5.74) is 1.94. The van der Waals surface area contributed by atoms with E-state index in [0.717, 1.165) is 11.4 Å². The molecule has 1 N–H and O–H groups in total. The number of rotatable bonds is 3. The van der Waals surface area contributed by atoms with Crippen LogP contribution in [0.1, 0.15) is 11.4 Å². The van der Waals surface area contributed by atoms with Crippen LogP contribution in [0.4, 0.5) is 5.95 Å². The van der Waals surface area contributed by atoms with E-state index in [1.165, 1.54) is 0 Å². The van der Waals surface area contributed by atoms with Gasteiger partial charge in [0.15, 0.2) is 0 Å². The van der Waals surface area contributed by atoms with Crippen molar-refractivity contribution in [1.82, 2.24) is 9.97 Å². The first-order valence-corrected chi connectivity index (χ1v) is 4.38. The molecule has 1 aromatic rings. The van der Waals surface area contributed by atoms with Crippen LogP contribution in [0.25, 0.3) is 0 Å². The average molecular weight is 186 g/mol. The summed E-state index contributed by atoms with van der Waals surface area (Å²) in [4.78, 5) is 8.38. The highest BCUT2D eigenvalue weighted by Gasteiger charge is 1.96. The minimum absolute atomic E-state index is 0.566. The zero-order valence-electron chi connectivity index (χ0n) is 7.26. The first-order valence-electron chi connectivity index (χ1n) is 3.84. The van der Waals surface area contributed by atoms with Crippen molar-refractivity contribution in [2.75, 3.05) is 17.7 Å². The van der Waals surface area contributed by atoms with Crippen LogP contribution in [-0.2, 0) is 0 Å². The van der Waals surface area contributed by atoms with Crippen LogP contribution in [0.15, 0.2) is 6.07 Å². The SMILES string of the molecule is Cc1cc(C)nc(NCCCl)n1. The normalized spacial score (nSPS) is 9.92. The second kappa shape index (κ2) is 4.26. The molecule has 0 unspecified atom stereocenters. The molecule has 0 aliphatic rings. The van der Waals surface area contributed by atoms with Crippen molar-refractivity contribution < 1.29 is 0 Å². The number of nitrogens with zero attached hydrogens (tertiary/aromatic N) is 2. The molecule has 3 nitrogen and oxygen atoms in total. The molecule has 1 rings (SSSR count). The Labute approximate surface area is 77.2 Å². The fourth-order valence-electron chi connectivity index (χ4n) is 0.964. The Morgan fingerprint density at radius 1 is 1.33 bits per heavy atom. The zero-order valence-corrected chi connectivity index (χ0v) is 8.02. The van der Waals surface area contributed by atoms with Gasteiger partial charge in [-0.1, -0.05) is 0 Å². The molecular formula is C8H12ClN3. The summed E-state index contributed by atoms with van der Waals surface area (Å²) in [5.74, 6) is 1.23. The van der Waals surface area contributed by atoms with Gasteiger partial charge in [0.2, 0.25) is 5.95 Å². The Kier molecular flexibility index (Phi) is 3.29. The summed E-state index contributed by atoms with van der Waals surface area (Å²) in [6.45, 7) is 4.59. The predicted octanol–water partition coefficient (Wildman–Crippen LogP) is 1.74. The first-order chi connectivity index (χ1) is 5.72. The predicted molar refractivity (Wildman–Crippen MR) is 50.7 cm³/mol. The highest BCUT2D eigenvalue weighted by atomic mass is 35.5. The molecule has 1 heterocycles. The van der Waals surface area contributed by atoms with Gasteiger partial charge in [-0.2, -0.15) is 0 Å². The van der Waals surface area contributed by atoms with E-state index < -0.39 is 0 Å². The maximum Gasteiger partial charge on any atom is 0.223 e. The molecule has 0 amide bonds. The molecule has 0 bridgehead atoms. The summed E-state index contributed by atoms with van der Waals surface area (Å²) in [5, 5.41) is 3.02. The molecule has 0 atom stereocenters. The van der Waals surface area contributed by atoms with Gasteiger partial charge in [-0.25, -0.2) is 9.97 Å². The molecule has 12 heavy (non-hydrogen) atoms. The van der Waals surface area contributed by atoms with Crippen LogP contribution in [0.5, 0.6) is 0 Å². The van der Waals surface area contributed by atoms with Crippen LogP contribution >= 0.6 is 11.6 Å². The van der Waals surface area contributed by atoms with Gasteiger partial charge in [-0.3, -0.25) is 0 Å². The average Bonchev–Trinajstić information content (AvgIpc) is 1.99. The van der Waals surface area contributed by atoms with Crippen LogP contribution < -0.4 is 5.32 Å². The van der Waals surface area contributed by atoms with Gasteiger partial charge in [-0.15, -0.1) is 11.6 Å². The van der Waals surface area contributed by atoms with Crippen molar-refractivity contribution in [1.29, 1.82) is 0 Å². The molecule has 1 aromatic heterocycles. The van der Waals surface area contributed by atoms with Crippen LogP contribution in [0.3, 0.4) is 0 Å². The number of nitrogens with one attached hydrogen (secondary N) is 1. The topological polar surface area (TPSA) is 37.8 Å². The van der Waals surface area contributed by atoms with Crippen molar-refractivity contribution in [3.8, 4) is 0 Å². The number of hydrogen-bond donors (Lipinski definition) is 1. The lowest BCUT2D eigenvalue weighted by molar-refractivity contribution is 1.02. The molecule has 0 aromatic carbocycles. The van der Waals surface area contributed by atoms with Crippen molar-refractivity contribution in [2.45, 2.75) is 13.8 Å². The molecule has 0 spiro atoms. The van der Waals surface area contributed by atoms with Crippen molar-refractivity contribution in [3.05, 3.63) is 17.5 Å². The van der Waals surface area contributed by atoms with E-state index in [1.807, 2.05) is 19.9 Å². The van der Waals surface area contributed by atoms with Gasteiger partial charge >= 0.3 is 0 Å². The second-order valence-electron chi connectivity index (χ2n) is 2.59. The third-order valence-electron chi connectivity index (χ3n) is 1.36. The molecule has 0 radical (unpaired) electrons. The first kappa shape index (κ1) is 9.26. The van der Waals surface area contributed by atoms with Crippen molar-refractivity contribution in [3.63, 3.8) is 0 Å². The number of aromatic nitrogens is 2. The summed E-state index contributed by atoms with van der Waals surface area (Å²) < 4.78 is 0. The lowest BCUT2D eigenvalue weighted by atomic mass is 10.4. The number of hydrogen-bond acceptors (Lipinski definition) is 3. The van der Waals surface area contributed by atoms with Crippen molar-refractivity contribution in [2.24, 2.45) is 0 Å². The van der Waals surface area contributed by atoms with Gasteiger partial charge in [0, 0.05) is 23.8 Å². The minimum Gasteiger partial charge on any atom is -0.353 e. The van der Waals surface area contributed by atoms with Gasteiger partial charge in [0.1, 0.15) is 0 Å². The molecule has 0 saturated carbocycles. The number of halogens is 1. The van der Waals surface area contributed by atoms with Crippen LogP contribution in [0.2, 0.25) is 0 Å². The number of alkyl halides is 1. The quantitative estimate of drug-likeness (QED) is 0.730. The zero-order chi connectivity index (χ0) is 8.97. The Bertz CT molecular complexity index is 242.